The van der Waals surface area contributed by atoms with Gasteiger partial charge in [-0.15, -0.1) is 0 Å². The molecular weight excluding hydrogens is 711 g/mol. The van der Waals surface area contributed by atoms with Crippen molar-refractivity contribution in [3.05, 3.63) is 117 Å². The van der Waals surface area contributed by atoms with Gasteiger partial charge in [-0.1, -0.05) is 70.1 Å². The number of carbonyl (C=O) groups excluding carboxylic acids is 4. The maximum absolute atomic E-state index is 14.1. The van der Waals surface area contributed by atoms with E-state index in [9.17, 15) is 19.2 Å². The predicted molar refractivity (Wildman–Crippen MR) is 199 cm³/mol. The van der Waals surface area contributed by atoms with Crippen molar-refractivity contribution in [1.82, 2.24) is 9.97 Å². The number of hydrogen-bond acceptors (Lipinski definition) is 8. The van der Waals surface area contributed by atoms with Gasteiger partial charge in [0.2, 0.25) is 10.3 Å². The van der Waals surface area contributed by atoms with Gasteiger partial charge in [-0.25, -0.2) is 19.8 Å². The molecule has 0 fully saturated rings. The van der Waals surface area contributed by atoms with Crippen LogP contribution in [0.3, 0.4) is 0 Å². The van der Waals surface area contributed by atoms with Crippen molar-refractivity contribution in [2.45, 2.75) is 0 Å². The third-order valence-corrected chi connectivity index (χ3v) is 12.2. The lowest BCUT2D eigenvalue weighted by molar-refractivity contribution is 0.0877. The molecule has 4 heterocycles. The molecule has 0 spiro atoms. The number of rotatable bonds is 2. The fourth-order valence-electron chi connectivity index (χ4n) is 7.58. The fourth-order valence-corrected chi connectivity index (χ4v) is 10.1. The van der Waals surface area contributed by atoms with Crippen molar-refractivity contribution in [3.8, 4) is 0 Å². The van der Waals surface area contributed by atoms with Gasteiger partial charge in [0.05, 0.1) is 20.4 Å². The molecule has 11 rings (SSSR count). The van der Waals surface area contributed by atoms with Crippen LogP contribution in [-0.2, 0) is 0 Å². The van der Waals surface area contributed by atoms with Crippen LogP contribution in [0.15, 0.2) is 84.9 Å². The van der Waals surface area contributed by atoms with Crippen LogP contribution < -0.4 is 9.80 Å². The molecule has 0 bridgehead atoms. The van der Waals surface area contributed by atoms with Gasteiger partial charge in [0.15, 0.2) is 0 Å². The van der Waals surface area contributed by atoms with Gasteiger partial charge in [-0.2, -0.15) is 0 Å². The normalized spacial score (nSPS) is 14.7. The van der Waals surface area contributed by atoms with Crippen molar-refractivity contribution in [1.29, 1.82) is 0 Å². The second kappa shape index (κ2) is 9.58. The number of carbonyl (C=O) groups is 4. The molecule has 0 N–H and O–H groups in total. The second-order valence-corrected chi connectivity index (χ2v) is 15.1. The molecule has 236 valence electrons. The van der Waals surface area contributed by atoms with E-state index in [-0.39, 0.29) is 10.3 Å². The Hall–Kier alpha value is -5.52. The molecular formula is C38H14Cl2N4O4S2. The van der Waals surface area contributed by atoms with E-state index in [2.05, 4.69) is 9.97 Å². The smallest absolute Gasteiger partial charge is 0.267 e. The van der Waals surface area contributed by atoms with E-state index < -0.39 is 23.6 Å². The highest BCUT2D eigenvalue weighted by Crippen LogP contribution is 2.47. The van der Waals surface area contributed by atoms with Gasteiger partial charge in [-0.3, -0.25) is 19.2 Å². The second-order valence-electron chi connectivity index (χ2n) is 12.3. The van der Waals surface area contributed by atoms with Crippen LogP contribution in [0.25, 0.3) is 63.5 Å². The summed E-state index contributed by atoms with van der Waals surface area (Å²) in [5.74, 6) is -1.83. The van der Waals surface area contributed by atoms with Gasteiger partial charge in [0, 0.05) is 43.1 Å². The number of halogens is 2. The van der Waals surface area contributed by atoms with Crippen molar-refractivity contribution in [2.24, 2.45) is 0 Å². The Balaban J connectivity index is 1.12. The summed E-state index contributed by atoms with van der Waals surface area (Å²) >= 11 is 14.8. The summed E-state index contributed by atoms with van der Waals surface area (Å²) < 4.78 is 1.54. The standard InChI is InChI=1S/C38H14Cl2N4O4S2/c39-15-1-11-25-27(13-15)49-37(41-25)43-33(45)21-7-3-17-19-5-9-23-32-24(10-6-20(30(19)32)18-4-8-22(34(43)46)31(21)29(17)18)36(48)44(35(23)47)38-42-26-12-2-16(40)14-28(26)50-38/h1-14H. The van der Waals surface area contributed by atoms with Crippen LogP contribution in [0.4, 0.5) is 10.3 Å². The lowest BCUT2D eigenvalue weighted by atomic mass is 9.82. The highest BCUT2D eigenvalue weighted by molar-refractivity contribution is 7.23. The van der Waals surface area contributed by atoms with E-state index in [1.165, 1.54) is 22.7 Å². The van der Waals surface area contributed by atoms with Crippen LogP contribution >= 0.6 is 45.9 Å². The molecule has 2 aliphatic rings. The first-order valence-corrected chi connectivity index (χ1v) is 17.8. The minimum Gasteiger partial charge on any atom is -0.268 e. The number of fused-ring (bicyclic) bond motifs is 4. The summed E-state index contributed by atoms with van der Waals surface area (Å²) in [4.78, 5) is 67.9. The van der Waals surface area contributed by atoms with Crippen LogP contribution in [0.2, 0.25) is 10.0 Å². The van der Waals surface area contributed by atoms with E-state index in [1.807, 2.05) is 24.3 Å². The minimum absolute atomic E-state index is 0.277. The molecule has 0 saturated heterocycles. The first-order valence-electron chi connectivity index (χ1n) is 15.4. The maximum atomic E-state index is 14.1. The summed E-state index contributed by atoms with van der Waals surface area (Å²) in [6.45, 7) is 0. The lowest BCUT2D eigenvalue weighted by Crippen LogP contribution is -2.40. The summed E-state index contributed by atoms with van der Waals surface area (Å²) in [6, 6.07) is 25.0. The zero-order chi connectivity index (χ0) is 33.7. The topological polar surface area (TPSA) is 101 Å². The summed E-state index contributed by atoms with van der Waals surface area (Å²) in [7, 11) is 0. The van der Waals surface area contributed by atoms with E-state index in [0.717, 1.165) is 51.5 Å². The van der Waals surface area contributed by atoms with Crippen molar-refractivity contribution < 1.29 is 19.2 Å². The quantitative estimate of drug-likeness (QED) is 0.1000. The minimum atomic E-state index is -0.458. The molecule has 2 aromatic heterocycles. The SMILES string of the molecule is O=C1c2ccc3c4ccc5c6c(ccc(c7ccc(c2c37)C(=O)N1c1nc2ccc(Cl)cc2s1)c64)C(=O)N(c1nc2ccc(Cl)cc2s1)C5=O. The van der Waals surface area contributed by atoms with Gasteiger partial charge in [-0.05, 0) is 93.0 Å². The van der Waals surface area contributed by atoms with Crippen LogP contribution in [0, 0.1) is 0 Å². The fraction of sp³-hybridized carbons (Fsp3) is 0. The Bertz CT molecular complexity index is 2800. The van der Waals surface area contributed by atoms with Crippen LogP contribution in [0.1, 0.15) is 41.4 Å². The molecule has 2 aliphatic heterocycles. The number of nitrogens with zero attached hydrogens (tertiary/aromatic N) is 4. The van der Waals surface area contributed by atoms with E-state index in [0.29, 0.717) is 54.1 Å². The summed E-state index contributed by atoms with van der Waals surface area (Å²) in [6.07, 6.45) is 0. The third kappa shape index (κ3) is 3.50. The molecule has 9 aromatic rings. The molecule has 4 amide bonds. The first-order chi connectivity index (χ1) is 24.3. The number of anilines is 2. The molecule has 50 heavy (non-hydrogen) atoms. The average Bonchev–Trinajstić information content (AvgIpc) is 3.72. The molecule has 0 radical (unpaired) electrons. The zero-order valence-electron chi connectivity index (χ0n) is 25.1. The van der Waals surface area contributed by atoms with Gasteiger partial charge in [0.1, 0.15) is 0 Å². The Labute approximate surface area is 298 Å². The Kier molecular flexibility index (Phi) is 5.43. The number of amides is 4. The van der Waals surface area contributed by atoms with Crippen LogP contribution in [0.5, 0.6) is 0 Å². The Morgan fingerprint density at radius 2 is 0.780 bits per heavy atom. The third-order valence-electron chi connectivity index (χ3n) is 9.70. The molecule has 0 unspecified atom stereocenters. The number of hydrogen-bond donors (Lipinski definition) is 0. The molecule has 0 atom stereocenters. The van der Waals surface area contributed by atoms with E-state index >= 15 is 0 Å². The number of thiazole rings is 2. The van der Waals surface area contributed by atoms with Crippen molar-refractivity contribution in [3.63, 3.8) is 0 Å². The molecule has 12 heteroatoms. The van der Waals surface area contributed by atoms with Crippen LogP contribution in [-0.4, -0.2) is 33.6 Å². The average molecular weight is 726 g/mol. The monoisotopic (exact) mass is 724 g/mol. The molecule has 0 aliphatic carbocycles. The van der Waals surface area contributed by atoms with Crippen molar-refractivity contribution >= 4 is 143 Å². The maximum Gasteiger partial charge on any atom is 0.267 e. The molecule has 8 nitrogen and oxygen atoms in total. The number of imide groups is 2. The van der Waals surface area contributed by atoms with Crippen molar-refractivity contribution in [2.75, 3.05) is 9.80 Å². The predicted octanol–water partition coefficient (Wildman–Crippen LogP) is 9.86. The lowest BCUT2D eigenvalue weighted by Gasteiger charge is -2.28. The number of benzene rings is 7. The molecule has 7 aromatic carbocycles. The molecule has 0 saturated carbocycles. The summed E-state index contributed by atoms with van der Waals surface area (Å²) in [5, 5.41) is 7.57. The highest BCUT2D eigenvalue weighted by atomic mass is 35.5. The number of aromatic nitrogens is 2. The summed E-state index contributed by atoms with van der Waals surface area (Å²) in [5.41, 5.74) is 2.86. The Morgan fingerprint density at radius 3 is 1.12 bits per heavy atom. The largest absolute Gasteiger partial charge is 0.268 e. The van der Waals surface area contributed by atoms with Gasteiger partial charge >= 0.3 is 0 Å². The van der Waals surface area contributed by atoms with Gasteiger partial charge in [0.25, 0.3) is 23.6 Å². The highest BCUT2D eigenvalue weighted by Gasteiger charge is 2.39. The zero-order valence-corrected chi connectivity index (χ0v) is 28.2. The Morgan fingerprint density at radius 1 is 0.440 bits per heavy atom. The van der Waals surface area contributed by atoms with E-state index in [4.69, 9.17) is 23.2 Å². The first kappa shape index (κ1) is 28.3. The van der Waals surface area contributed by atoms with Gasteiger partial charge < -0.3 is 0 Å². The van der Waals surface area contributed by atoms with E-state index in [1.54, 1.807) is 60.7 Å².